The van der Waals surface area contributed by atoms with Gasteiger partial charge in [0.1, 0.15) is 5.75 Å². The van der Waals surface area contributed by atoms with Crippen LogP contribution in [0.2, 0.25) is 0 Å². The molecule has 1 atom stereocenters. The van der Waals surface area contributed by atoms with Gasteiger partial charge in [0.15, 0.2) is 0 Å². The average Bonchev–Trinajstić information content (AvgIpc) is 2.98. The Kier molecular flexibility index (Phi) is 2.47. The number of rotatable bonds is 1. The predicted molar refractivity (Wildman–Crippen MR) is 86.7 cm³/mol. The van der Waals surface area contributed by atoms with E-state index in [4.69, 9.17) is 0 Å². The van der Waals surface area contributed by atoms with Gasteiger partial charge in [0, 0.05) is 11.1 Å². The van der Waals surface area contributed by atoms with Crippen LogP contribution < -0.4 is 5.32 Å². The number of benzene rings is 2. The molecule has 1 aliphatic heterocycles. The maximum atomic E-state index is 9.81. The Morgan fingerprint density at radius 1 is 1.14 bits per heavy atom. The lowest BCUT2D eigenvalue weighted by Crippen LogP contribution is -2.34. The fraction of sp³-hybridized carbons (Fsp3) is 0.263. The van der Waals surface area contributed by atoms with Crippen LogP contribution in [0.5, 0.6) is 5.75 Å². The van der Waals surface area contributed by atoms with Crippen molar-refractivity contribution in [2.75, 3.05) is 5.32 Å². The first kappa shape index (κ1) is 12.5. The van der Waals surface area contributed by atoms with Gasteiger partial charge in [-0.2, -0.15) is 0 Å². The van der Waals surface area contributed by atoms with Gasteiger partial charge in [0.2, 0.25) is 0 Å². The van der Waals surface area contributed by atoms with Crippen molar-refractivity contribution in [2.24, 2.45) is 0 Å². The Morgan fingerprint density at radius 2 is 1.95 bits per heavy atom. The van der Waals surface area contributed by atoms with Crippen molar-refractivity contribution in [3.05, 3.63) is 65.2 Å². The lowest BCUT2D eigenvalue weighted by atomic mass is 9.76. The SMILES string of the molecule is CC1(C)c2ccccc2NC1C1=CCc2ccc(O)cc21. The highest BCUT2D eigenvalue weighted by atomic mass is 16.3. The third kappa shape index (κ3) is 1.72. The zero-order valence-electron chi connectivity index (χ0n) is 12.4. The number of phenolic OH excluding ortho intramolecular Hbond substituents is 1. The van der Waals surface area contributed by atoms with E-state index in [1.54, 1.807) is 6.07 Å². The number of hydrogen-bond acceptors (Lipinski definition) is 2. The zero-order valence-corrected chi connectivity index (χ0v) is 12.4. The largest absolute Gasteiger partial charge is 0.508 e. The van der Waals surface area contributed by atoms with Crippen LogP contribution in [0.3, 0.4) is 0 Å². The van der Waals surface area contributed by atoms with E-state index < -0.39 is 0 Å². The summed E-state index contributed by atoms with van der Waals surface area (Å²) < 4.78 is 0. The number of hydrogen-bond donors (Lipinski definition) is 2. The molecule has 4 rings (SSSR count). The average molecular weight is 277 g/mol. The molecule has 0 saturated carbocycles. The van der Waals surface area contributed by atoms with Gasteiger partial charge in [-0.3, -0.25) is 0 Å². The molecule has 0 spiro atoms. The van der Waals surface area contributed by atoms with Gasteiger partial charge < -0.3 is 10.4 Å². The second-order valence-corrected chi connectivity index (χ2v) is 6.55. The summed E-state index contributed by atoms with van der Waals surface area (Å²) in [5, 5.41) is 13.5. The van der Waals surface area contributed by atoms with Crippen molar-refractivity contribution < 1.29 is 5.11 Å². The molecule has 0 fully saturated rings. The fourth-order valence-electron chi connectivity index (χ4n) is 3.74. The van der Waals surface area contributed by atoms with Crippen LogP contribution in [0, 0.1) is 0 Å². The van der Waals surface area contributed by atoms with Crippen molar-refractivity contribution in [3.8, 4) is 5.75 Å². The Labute approximate surface area is 125 Å². The summed E-state index contributed by atoms with van der Waals surface area (Å²) in [4.78, 5) is 0. The minimum Gasteiger partial charge on any atom is -0.508 e. The molecule has 2 aliphatic rings. The maximum Gasteiger partial charge on any atom is 0.116 e. The number of phenols is 1. The summed E-state index contributed by atoms with van der Waals surface area (Å²) in [6.07, 6.45) is 3.25. The van der Waals surface area contributed by atoms with Crippen LogP contribution in [0.15, 0.2) is 48.5 Å². The molecule has 2 aromatic rings. The van der Waals surface area contributed by atoms with E-state index in [0.717, 1.165) is 6.42 Å². The first-order chi connectivity index (χ1) is 10.1. The minimum absolute atomic E-state index is 0.0372. The van der Waals surface area contributed by atoms with Crippen molar-refractivity contribution in [1.29, 1.82) is 0 Å². The summed E-state index contributed by atoms with van der Waals surface area (Å²) in [7, 11) is 0. The summed E-state index contributed by atoms with van der Waals surface area (Å²) >= 11 is 0. The Hall–Kier alpha value is -2.22. The van der Waals surface area contributed by atoms with E-state index in [1.165, 1.54) is 28.0 Å². The molecule has 2 N–H and O–H groups in total. The van der Waals surface area contributed by atoms with E-state index in [1.807, 2.05) is 12.1 Å². The van der Waals surface area contributed by atoms with E-state index >= 15 is 0 Å². The number of nitrogens with one attached hydrogen (secondary N) is 1. The molecule has 0 bridgehead atoms. The number of fused-ring (bicyclic) bond motifs is 2. The van der Waals surface area contributed by atoms with Gasteiger partial charge in [0.05, 0.1) is 6.04 Å². The Bertz CT molecular complexity index is 758. The molecule has 0 amide bonds. The van der Waals surface area contributed by atoms with Crippen molar-refractivity contribution in [3.63, 3.8) is 0 Å². The lowest BCUT2D eigenvalue weighted by molar-refractivity contribution is 0.474. The smallest absolute Gasteiger partial charge is 0.116 e. The number of para-hydroxylation sites is 1. The molecule has 106 valence electrons. The molecule has 0 aromatic heterocycles. The minimum atomic E-state index is 0.0372. The monoisotopic (exact) mass is 277 g/mol. The van der Waals surface area contributed by atoms with Gasteiger partial charge in [0.25, 0.3) is 0 Å². The van der Waals surface area contributed by atoms with Crippen molar-refractivity contribution in [2.45, 2.75) is 31.7 Å². The summed E-state index contributed by atoms with van der Waals surface area (Å²) in [5.41, 5.74) is 6.42. The van der Waals surface area contributed by atoms with E-state index in [0.29, 0.717) is 5.75 Å². The second kappa shape index (κ2) is 4.14. The molecule has 1 aliphatic carbocycles. The number of aromatic hydroxyl groups is 1. The van der Waals surface area contributed by atoms with Gasteiger partial charge >= 0.3 is 0 Å². The van der Waals surface area contributed by atoms with Gasteiger partial charge in [-0.25, -0.2) is 0 Å². The summed E-state index contributed by atoms with van der Waals surface area (Å²) in [6, 6.07) is 14.5. The molecule has 2 nitrogen and oxygen atoms in total. The molecular formula is C19H19NO. The summed E-state index contributed by atoms with van der Waals surface area (Å²) in [6.45, 7) is 4.58. The zero-order chi connectivity index (χ0) is 14.6. The van der Waals surface area contributed by atoms with E-state index in [2.05, 4.69) is 49.5 Å². The van der Waals surface area contributed by atoms with Crippen LogP contribution in [-0.4, -0.2) is 11.1 Å². The Balaban J connectivity index is 1.80. The molecule has 21 heavy (non-hydrogen) atoms. The van der Waals surface area contributed by atoms with Gasteiger partial charge in [-0.15, -0.1) is 0 Å². The van der Waals surface area contributed by atoms with Crippen LogP contribution in [0.25, 0.3) is 5.57 Å². The molecule has 0 saturated heterocycles. The van der Waals surface area contributed by atoms with Crippen molar-refractivity contribution in [1.82, 2.24) is 0 Å². The Morgan fingerprint density at radius 3 is 2.76 bits per heavy atom. The van der Waals surface area contributed by atoms with Gasteiger partial charge in [-0.1, -0.05) is 44.2 Å². The van der Waals surface area contributed by atoms with Gasteiger partial charge in [-0.05, 0) is 46.9 Å². The van der Waals surface area contributed by atoms with Crippen molar-refractivity contribution >= 4 is 11.3 Å². The predicted octanol–water partition coefficient (Wildman–Crippen LogP) is 4.10. The van der Waals surface area contributed by atoms with E-state index in [9.17, 15) is 5.11 Å². The maximum absolute atomic E-state index is 9.81. The van der Waals surface area contributed by atoms with Crippen LogP contribution >= 0.6 is 0 Å². The third-order valence-corrected chi connectivity index (χ3v) is 4.90. The standard InChI is InChI=1S/C19H19NO/c1-19(2)16-5-3-4-6-17(16)20-18(19)14-10-8-12-7-9-13(21)11-15(12)14/h3-7,9-11,18,20-21H,8H2,1-2H3. The quantitative estimate of drug-likeness (QED) is 0.822. The fourth-order valence-corrected chi connectivity index (χ4v) is 3.74. The highest BCUT2D eigenvalue weighted by Crippen LogP contribution is 2.47. The third-order valence-electron chi connectivity index (χ3n) is 4.90. The first-order valence-corrected chi connectivity index (χ1v) is 7.46. The number of allylic oxidation sites excluding steroid dienone is 1. The second-order valence-electron chi connectivity index (χ2n) is 6.55. The molecular weight excluding hydrogens is 258 g/mol. The molecule has 0 radical (unpaired) electrons. The number of anilines is 1. The highest BCUT2D eigenvalue weighted by Gasteiger charge is 2.42. The van der Waals surface area contributed by atoms with E-state index in [-0.39, 0.29) is 11.5 Å². The molecule has 2 aromatic carbocycles. The molecule has 1 heterocycles. The summed E-state index contributed by atoms with van der Waals surface area (Å²) in [5.74, 6) is 0.342. The van der Waals surface area contributed by atoms with Crippen LogP contribution in [-0.2, 0) is 11.8 Å². The highest BCUT2D eigenvalue weighted by molar-refractivity contribution is 5.83. The molecule has 1 unspecified atom stereocenters. The normalized spacial score (nSPS) is 21.4. The van der Waals surface area contributed by atoms with Crippen LogP contribution in [0.4, 0.5) is 5.69 Å². The lowest BCUT2D eigenvalue weighted by Gasteiger charge is -2.29. The molecule has 2 heteroatoms. The topological polar surface area (TPSA) is 32.3 Å². The first-order valence-electron chi connectivity index (χ1n) is 7.46. The van der Waals surface area contributed by atoms with Crippen LogP contribution in [0.1, 0.15) is 30.5 Å².